The fourth-order valence-electron chi connectivity index (χ4n) is 0.504. The van der Waals surface area contributed by atoms with E-state index >= 15 is 0 Å². The Balaban J connectivity index is 2.69. The zero-order chi connectivity index (χ0) is 8.36. The van der Waals surface area contributed by atoms with Crippen LogP contribution >= 0.6 is 0 Å². The molecule has 0 unspecified atom stereocenters. The third-order valence-electron chi connectivity index (χ3n) is 0.980. The van der Waals surface area contributed by atoms with Gasteiger partial charge in [-0.05, 0) is 6.92 Å². The van der Waals surface area contributed by atoms with Crippen molar-refractivity contribution in [3.63, 3.8) is 0 Å². The van der Waals surface area contributed by atoms with E-state index in [0.29, 0.717) is 33.0 Å². The van der Waals surface area contributed by atoms with Crippen LogP contribution < -0.4 is 0 Å². The topological polar surface area (TPSA) is 47.9 Å². The normalized spacial score (nSPS) is 10.4. The van der Waals surface area contributed by atoms with E-state index in [0.717, 1.165) is 0 Å². The number of hydrogen-bond donors (Lipinski definition) is 1. The molecule has 0 amide bonds. The van der Waals surface area contributed by atoms with Gasteiger partial charge in [0.15, 0.2) is 0 Å². The van der Waals surface area contributed by atoms with E-state index in [4.69, 9.17) is 14.6 Å². The maximum Gasteiger partial charge on any atom is 0.143 e. The van der Waals surface area contributed by atoms with Gasteiger partial charge in [0.05, 0.1) is 26.4 Å². The quantitative estimate of drug-likeness (QED) is 0.398. The molecule has 67 valence electrons. The lowest BCUT2D eigenvalue weighted by molar-refractivity contribution is -0.0357. The van der Waals surface area contributed by atoms with Gasteiger partial charge in [-0.2, -0.15) is 0 Å². The van der Waals surface area contributed by atoms with Crippen LogP contribution in [-0.2, 0) is 14.2 Å². The van der Waals surface area contributed by atoms with Crippen LogP contribution in [0.1, 0.15) is 0 Å². The van der Waals surface area contributed by atoms with Gasteiger partial charge < -0.3 is 19.3 Å². The summed E-state index contributed by atoms with van der Waals surface area (Å²) in [5.41, 5.74) is 0. The highest BCUT2D eigenvalue weighted by Gasteiger charge is 1.87. The summed E-state index contributed by atoms with van der Waals surface area (Å²) < 4.78 is 14.6. The number of aliphatic hydroxyl groups excluding tert-OH is 1. The molecule has 0 saturated heterocycles. The summed E-state index contributed by atoms with van der Waals surface area (Å²) in [6.45, 7) is 5.72. The minimum atomic E-state index is -0.251. The third kappa shape index (κ3) is 9.84. The minimum Gasteiger partial charge on any atom is -0.379 e. The van der Waals surface area contributed by atoms with Crippen LogP contribution in [0.15, 0.2) is 0 Å². The van der Waals surface area contributed by atoms with Crippen molar-refractivity contribution in [1.82, 2.24) is 0 Å². The van der Waals surface area contributed by atoms with Crippen molar-refractivity contribution < 1.29 is 19.3 Å². The lowest BCUT2D eigenvalue weighted by Gasteiger charge is -2.03. The van der Waals surface area contributed by atoms with E-state index in [9.17, 15) is 0 Å². The number of aliphatic hydroxyl groups is 1. The number of rotatable bonds is 8. The summed E-state index contributed by atoms with van der Waals surface area (Å²) in [6, 6.07) is 0. The molecule has 0 heterocycles. The molecule has 0 aliphatic carbocycles. The van der Waals surface area contributed by atoms with Gasteiger partial charge in [-0.25, -0.2) is 0 Å². The second-order valence-electron chi connectivity index (χ2n) is 1.76. The summed E-state index contributed by atoms with van der Waals surface area (Å²) in [7, 11) is 0. The molecular formula is C7H15O4. The summed E-state index contributed by atoms with van der Waals surface area (Å²) in [5.74, 6) is 0. The highest BCUT2D eigenvalue weighted by atomic mass is 16.6. The van der Waals surface area contributed by atoms with E-state index in [1.54, 1.807) is 0 Å². The molecule has 4 nitrogen and oxygen atoms in total. The van der Waals surface area contributed by atoms with E-state index in [-0.39, 0.29) is 6.79 Å². The Hall–Kier alpha value is -0.160. The predicted molar refractivity (Wildman–Crippen MR) is 40.0 cm³/mol. The van der Waals surface area contributed by atoms with Crippen molar-refractivity contribution in [3.05, 3.63) is 6.92 Å². The van der Waals surface area contributed by atoms with E-state index < -0.39 is 0 Å². The largest absolute Gasteiger partial charge is 0.379 e. The molecule has 0 bridgehead atoms. The first-order valence-corrected chi connectivity index (χ1v) is 3.55. The van der Waals surface area contributed by atoms with Crippen molar-refractivity contribution in [3.8, 4) is 0 Å². The maximum atomic E-state index is 8.20. The molecule has 0 spiro atoms. The monoisotopic (exact) mass is 163 g/mol. The van der Waals surface area contributed by atoms with Crippen LogP contribution in [-0.4, -0.2) is 44.9 Å². The Labute approximate surface area is 67.1 Å². The van der Waals surface area contributed by atoms with Crippen LogP contribution in [0.4, 0.5) is 0 Å². The summed E-state index contributed by atoms with van der Waals surface area (Å²) >= 11 is 0. The molecule has 0 aromatic rings. The average molecular weight is 163 g/mol. The van der Waals surface area contributed by atoms with Gasteiger partial charge in [-0.15, -0.1) is 0 Å². The van der Waals surface area contributed by atoms with Gasteiger partial charge in [0.1, 0.15) is 6.79 Å². The fraction of sp³-hybridized carbons (Fsp3) is 0.857. The molecule has 1 radical (unpaired) electrons. The van der Waals surface area contributed by atoms with Gasteiger partial charge in [0.2, 0.25) is 0 Å². The van der Waals surface area contributed by atoms with Gasteiger partial charge in [-0.3, -0.25) is 0 Å². The smallest absolute Gasteiger partial charge is 0.143 e. The molecule has 0 aromatic carbocycles. The molecule has 0 aliphatic heterocycles. The third-order valence-corrected chi connectivity index (χ3v) is 0.980. The highest BCUT2D eigenvalue weighted by molar-refractivity contribution is 4.33. The van der Waals surface area contributed by atoms with Crippen molar-refractivity contribution in [2.75, 3.05) is 39.8 Å². The molecule has 0 aromatic heterocycles. The van der Waals surface area contributed by atoms with Crippen molar-refractivity contribution in [2.45, 2.75) is 0 Å². The van der Waals surface area contributed by atoms with Crippen molar-refractivity contribution >= 4 is 0 Å². The van der Waals surface area contributed by atoms with Crippen molar-refractivity contribution in [1.29, 1.82) is 0 Å². The van der Waals surface area contributed by atoms with E-state index in [1.807, 2.05) is 0 Å². The lowest BCUT2D eigenvalue weighted by Crippen LogP contribution is -2.09. The molecule has 1 N–H and O–H groups in total. The van der Waals surface area contributed by atoms with Crippen LogP contribution in [0.2, 0.25) is 0 Å². The Morgan fingerprint density at radius 1 is 0.909 bits per heavy atom. The molecular weight excluding hydrogens is 148 g/mol. The van der Waals surface area contributed by atoms with Crippen LogP contribution in [0.25, 0.3) is 0 Å². The van der Waals surface area contributed by atoms with Gasteiger partial charge >= 0.3 is 0 Å². The number of hydrogen-bond acceptors (Lipinski definition) is 4. The van der Waals surface area contributed by atoms with Crippen LogP contribution in [0, 0.1) is 6.92 Å². The molecule has 0 rings (SSSR count). The Morgan fingerprint density at radius 2 is 1.45 bits per heavy atom. The summed E-state index contributed by atoms with van der Waals surface area (Å²) in [4.78, 5) is 0. The Kier molecular flexibility index (Phi) is 9.70. The van der Waals surface area contributed by atoms with Crippen LogP contribution in [0.5, 0.6) is 0 Å². The van der Waals surface area contributed by atoms with Gasteiger partial charge in [0.25, 0.3) is 0 Å². The SMILES string of the molecule is [CH2]COCCOCCOCO. The molecule has 4 heteroatoms. The molecule has 0 atom stereocenters. The fourth-order valence-corrected chi connectivity index (χ4v) is 0.504. The van der Waals surface area contributed by atoms with Crippen molar-refractivity contribution in [2.24, 2.45) is 0 Å². The van der Waals surface area contributed by atoms with E-state index in [1.165, 1.54) is 0 Å². The molecule has 11 heavy (non-hydrogen) atoms. The number of ether oxygens (including phenoxy) is 3. The first-order chi connectivity index (χ1) is 5.41. The Bertz CT molecular complexity index is 59.5. The average Bonchev–Trinajstić information content (AvgIpc) is 2.03. The van der Waals surface area contributed by atoms with Gasteiger partial charge in [0, 0.05) is 6.61 Å². The summed E-state index contributed by atoms with van der Waals surface area (Å²) in [5, 5.41) is 8.20. The van der Waals surface area contributed by atoms with Crippen LogP contribution in [0.3, 0.4) is 0 Å². The van der Waals surface area contributed by atoms with E-state index in [2.05, 4.69) is 11.7 Å². The molecule has 0 saturated carbocycles. The highest BCUT2D eigenvalue weighted by Crippen LogP contribution is 1.78. The lowest BCUT2D eigenvalue weighted by atomic mass is 10.7. The Morgan fingerprint density at radius 3 is 2.00 bits per heavy atom. The first-order valence-electron chi connectivity index (χ1n) is 3.55. The second kappa shape index (κ2) is 9.84. The summed E-state index contributed by atoms with van der Waals surface area (Å²) in [6.07, 6.45) is 0. The molecule has 0 fully saturated rings. The maximum absolute atomic E-state index is 8.20. The first kappa shape index (κ1) is 10.8. The standard InChI is InChI=1S/C7H15O4/c1-2-9-3-4-10-5-6-11-7-8/h8H,1-7H2. The zero-order valence-corrected chi connectivity index (χ0v) is 6.62. The minimum absolute atomic E-state index is 0.251. The zero-order valence-electron chi connectivity index (χ0n) is 6.62. The van der Waals surface area contributed by atoms with Gasteiger partial charge in [-0.1, -0.05) is 0 Å². The predicted octanol–water partition coefficient (Wildman–Crippen LogP) is -0.180. The molecule has 0 aliphatic rings. The second-order valence-corrected chi connectivity index (χ2v) is 1.76.